The maximum Gasteiger partial charge on any atom is 0.408 e. The predicted molar refractivity (Wildman–Crippen MR) is 131 cm³/mol. The number of aliphatic hydroxyl groups excluding tert-OH is 1. The largest absolute Gasteiger partial charge is 0.466 e. The lowest BCUT2D eigenvalue weighted by Gasteiger charge is -2.33. The van der Waals surface area contributed by atoms with Crippen LogP contribution in [0.3, 0.4) is 0 Å². The Hall–Kier alpha value is -2.89. The molecular weight excluding hydrogens is 486 g/mol. The van der Waals surface area contributed by atoms with Gasteiger partial charge in [-0.3, -0.25) is 14.4 Å². The topological polar surface area (TPSA) is 169 Å². The monoisotopic (exact) mass is 527 g/mol. The van der Waals surface area contributed by atoms with Crippen molar-refractivity contribution >= 4 is 29.8 Å². The van der Waals surface area contributed by atoms with Crippen molar-refractivity contribution in [3.8, 4) is 0 Å². The molecule has 2 saturated carbocycles. The standard InChI is InChI=1S/C25H41N3O9/c1-9-35-21(32)16-15-14(29)11-25(17(15)16,22(33)36-10-2)28-19(30)13(5)26-20(31)18(12(3)4)27-23(34)37-24(6,7)8/h12-18,29H,9-11H2,1-8H3,(H,26,31)(H,27,34)(H,28,30)/t13?,14-,15-,16-,17-,18-,25-/m0/s1. The van der Waals surface area contributed by atoms with Gasteiger partial charge in [0.25, 0.3) is 0 Å². The number of hydrogen-bond acceptors (Lipinski definition) is 9. The van der Waals surface area contributed by atoms with Crippen LogP contribution in [-0.2, 0) is 33.4 Å². The number of aliphatic hydroxyl groups is 1. The molecule has 0 aromatic carbocycles. The quantitative estimate of drug-likeness (QED) is 0.235. The first-order valence-electron chi connectivity index (χ1n) is 12.7. The van der Waals surface area contributed by atoms with Gasteiger partial charge in [-0.05, 0) is 47.5 Å². The summed E-state index contributed by atoms with van der Waals surface area (Å²) in [6, 6.07) is -2.10. The Balaban J connectivity index is 2.16. The van der Waals surface area contributed by atoms with Crippen LogP contribution in [0.15, 0.2) is 0 Å². The van der Waals surface area contributed by atoms with Crippen molar-refractivity contribution in [2.75, 3.05) is 13.2 Å². The molecule has 0 spiro atoms. The molecule has 0 aliphatic heterocycles. The van der Waals surface area contributed by atoms with E-state index in [1.807, 2.05) is 0 Å². The minimum absolute atomic E-state index is 0.0344. The summed E-state index contributed by atoms with van der Waals surface area (Å²) in [7, 11) is 0. The summed E-state index contributed by atoms with van der Waals surface area (Å²) in [6.45, 7) is 13.4. The van der Waals surface area contributed by atoms with E-state index in [4.69, 9.17) is 14.2 Å². The molecular formula is C25H41N3O9. The zero-order chi connectivity index (χ0) is 28.3. The van der Waals surface area contributed by atoms with E-state index in [0.717, 1.165) is 0 Å². The fraction of sp³-hybridized carbons (Fsp3) is 0.800. The highest BCUT2D eigenvalue weighted by Crippen LogP contribution is 2.63. The summed E-state index contributed by atoms with van der Waals surface area (Å²) in [5.41, 5.74) is -2.40. The fourth-order valence-electron chi connectivity index (χ4n) is 4.92. The Morgan fingerprint density at radius 3 is 2.08 bits per heavy atom. The van der Waals surface area contributed by atoms with E-state index in [2.05, 4.69) is 16.0 Å². The lowest BCUT2D eigenvalue weighted by atomic mass is 9.89. The predicted octanol–water partition coefficient (Wildman–Crippen LogP) is 0.648. The number of fused-ring (bicyclic) bond motifs is 1. The zero-order valence-corrected chi connectivity index (χ0v) is 22.9. The number of carbonyl (C=O) groups excluding carboxylic acids is 5. The fourth-order valence-corrected chi connectivity index (χ4v) is 4.92. The number of amides is 3. The van der Waals surface area contributed by atoms with Crippen molar-refractivity contribution in [1.29, 1.82) is 0 Å². The van der Waals surface area contributed by atoms with E-state index in [1.54, 1.807) is 48.5 Å². The number of ether oxygens (including phenoxy) is 3. The van der Waals surface area contributed by atoms with Gasteiger partial charge in [-0.1, -0.05) is 13.8 Å². The molecule has 12 nitrogen and oxygen atoms in total. The van der Waals surface area contributed by atoms with Crippen molar-refractivity contribution in [3.63, 3.8) is 0 Å². The van der Waals surface area contributed by atoms with Gasteiger partial charge in [0.15, 0.2) is 0 Å². The molecule has 2 rings (SSSR count). The molecule has 2 fully saturated rings. The smallest absolute Gasteiger partial charge is 0.408 e. The summed E-state index contributed by atoms with van der Waals surface area (Å²) in [6.07, 6.45) is -1.92. The molecule has 0 heterocycles. The van der Waals surface area contributed by atoms with Crippen molar-refractivity contribution in [1.82, 2.24) is 16.0 Å². The van der Waals surface area contributed by atoms with Crippen LogP contribution in [0.25, 0.3) is 0 Å². The molecule has 0 aromatic heterocycles. The van der Waals surface area contributed by atoms with Crippen LogP contribution < -0.4 is 16.0 Å². The van der Waals surface area contributed by atoms with Gasteiger partial charge < -0.3 is 35.3 Å². The number of esters is 2. The lowest BCUT2D eigenvalue weighted by Crippen LogP contribution is -2.62. The molecule has 3 amide bonds. The van der Waals surface area contributed by atoms with Gasteiger partial charge in [0, 0.05) is 18.3 Å². The average Bonchev–Trinajstić information content (AvgIpc) is 3.45. The zero-order valence-electron chi connectivity index (χ0n) is 22.9. The van der Waals surface area contributed by atoms with Crippen molar-refractivity contribution < 1.29 is 43.3 Å². The van der Waals surface area contributed by atoms with Gasteiger partial charge in [0.2, 0.25) is 11.8 Å². The number of hydrogen-bond donors (Lipinski definition) is 4. The number of rotatable bonds is 10. The molecule has 2 aliphatic carbocycles. The maximum absolute atomic E-state index is 13.2. The maximum atomic E-state index is 13.2. The molecule has 210 valence electrons. The van der Waals surface area contributed by atoms with Gasteiger partial charge in [-0.15, -0.1) is 0 Å². The molecule has 37 heavy (non-hydrogen) atoms. The van der Waals surface area contributed by atoms with Crippen molar-refractivity contribution in [2.24, 2.45) is 23.7 Å². The first kappa shape index (κ1) is 30.3. The van der Waals surface area contributed by atoms with Crippen LogP contribution in [0.4, 0.5) is 4.79 Å². The van der Waals surface area contributed by atoms with Crippen LogP contribution in [0, 0.1) is 23.7 Å². The van der Waals surface area contributed by atoms with E-state index in [0.29, 0.717) is 0 Å². The number of alkyl carbamates (subject to hydrolysis) is 1. The van der Waals surface area contributed by atoms with Crippen LogP contribution in [-0.4, -0.2) is 77.5 Å². The van der Waals surface area contributed by atoms with Crippen LogP contribution in [0.2, 0.25) is 0 Å². The first-order valence-corrected chi connectivity index (χ1v) is 12.7. The SMILES string of the molecule is CCOC(=O)[C@H]1[C@H]2[C@@H]1[C@](NC(=O)C(C)NC(=O)[C@@H](NC(=O)OC(C)(C)C)C(C)C)(C(=O)OCC)C[C@@H]2O. The van der Waals surface area contributed by atoms with Gasteiger partial charge in [-0.2, -0.15) is 0 Å². The van der Waals surface area contributed by atoms with Gasteiger partial charge in [0.1, 0.15) is 23.2 Å². The molecule has 0 bridgehead atoms. The summed E-state index contributed by atoms with van der Waals surface area (Å²) in [5.74, 6) is -4.93. The Morgan fingerprint density at radius 2 is 1.57 bits per heavy atom. The van der Waals surface area contributed by atoms with E-state index in [-0.39, 0.29) is 25.6 Å². The average molecular weight is 528 g/mol. The summed E-state index contributed by atoms with van der Waals surface area (Å²) < 4.78 is 15.5. The Morgan fingerprint density at radius 1 is 0.973 bits per heavy atom. The second-order valence-electron chi connectivity index (χ2n) is 10.9. The molecule has 12 heteroatoms. The van der Waals surface area contributed by atoms with Gasteiger partial charge in [-0.25, -0.2) is 9.59 Å². The second-order valence-corrected chi connectivity index (χ2v) is 10.9. The van der Waals surface area contributed by atoms with Gasteiger partial charge >= 0.3 is 18.0 Å². The number of nitrogens with one attached hydrogen (secondary N) is 3. The molecule has 1 unspecified atom stereocenters. The van der Waals surface area contributed by atoms with E-state index >= 15 is 0 Å². The molecule has 2 aliphatic rings. The van der Waals surface area contributed by atoms with Crippen LogP contribution >= 0.6 is 0 Å². The highest BCUT2D eigenvalue weighted by Gasteiger charge is 2.76. The molecule has 4 N–H and O–H groups in total. The Bertz CT molecular complexity index is 900. The Labute approximate surface area is 217 Å². The van der Waals surface area contributed by atoms with Crippen molar-refractivity contribution in [2.45, 2.75) is 91.1 Å². The minimum Gasteiger partial charge on any atom is -0.466 e. The summed E-state index contributed by atoms with van der Waals surface area (Å²) in [5, 5.41) is 18.3. The molecule has 7 atom stereocenters. The van der Waals surface area contributed by atoms with E-state index in [9.17, 15) is 29.1 Å². The minimum atomic E-state index is -1.64. The summed E-state index contributed by atoms with van der Waals surface area (Å²) in [4.78, 5) is 63.8. The third-order valence-electron chi connectivity index (χ3n) is 6.54. The second kappa shape index (κ2) is 11.7. The lowest BCUT2D eigenvalue weighted by molar-refractivity contribution is -0.156. The Kier molecular flexibility index (Phi) is 9.56. The first-order chi connectivity index (χ1) is 17.1. The summed E-state index contributed by atoms with van der Waals surface area (Å²) >= 11 is 0. The normalized spacial score (nSPS) is 27.8. The molecule has 0 radical (unpaired) electrons. The van der Waals surface area contributed by atoms with Crippen LogP contribution in [0.5, 0.6) is 0 Å². The van der Waals surface area contributed by atoms with Gasteiger partial charge in [0.05, 0.1) is 25.2 Å². The number of carbonyl (C=O) groups is 5. The molecule has 0 saturated heterocycles. The van der Waals surface area contributed by atoms with Crippen molar-refractivity contribution in [3.05, 3.63) is 0 Å². The highest BCUT2D eigenvalue weighted by atomic mass is 16.6. The third kappa shape index (κ3) is 6.91. The van der Waals surface area contributed by atoms with E-state index < -0.39 is 76.9 Å². The highest BCUT2D eigenvalue weighted by molar-refractivity contribution is 5.96. The molecule has 0 aromatic rings. The van der Waals surface area contributed by atoms with E-state index in [1.165, 1.54) is 6.92 Å². The third-order valence-corrected chi connectivity index (χ3v) is 6.54. The van der Waals surface area contributed by atoms with Crippen LogP contribution in [0.1, 0.15) is 61.8 Å².